The average molecular weight is 248 g/mol. The first-order valence-electron chi connectivity index (χ1n) is 6.68. The molecule has 3 aliphatic rings. The van der Waals surface area contributed by atoms with E-state index in [0.29, 0.717) is 30.3 Å². The van der Waals surface area contributed by atoms with E-state index >= 15 is 0 Å². The molecule has 1 saturated carbocycles. The highest BCUT2D eigenvalue weighted by Crippen LogP contribution is 2.62. The van der Waals surface area contributed by atoms with Crippen LogP contribution in [0.5, 0.6) is 0 Å². The molecule has 0 aromatic heterocycles. The van der Waals surface area contributed by atoms with Crippen LogP contribution in [0.4, 0.5) is 0 Å². The molecule has 1 spiro atoms. The molecule has 4 atom stereocenters. The van der Waals surface area contributed by atoms with Gasteiger partial charge in [0.25, 0.3) is 0 Å². The van der Waals surface area contributed by atoms with Gasteiger partial charge in [0.15, 0.2) is 5.79 Å². The van der Waals surface area contributed by atoms with Crippen LogP contribution in [0.3, 0.4) is 0 Å². The Morgan fingerprint density at radius 2 is 2.22 bits per heavy atom. The van der Waals surface area contributed by atoms with E-state index < -0.39 is 5.79 Å². The van der Waals surface area contributed by atoms with Crippen molar-refractivity contribution in [2.24, 2.45) is 11.8 Å². The molecule has 2 bridgehead atoms. The van der Waals surface area contributed by atoms with Gasteiger partial charge in [-0.15, -0.1) is 0 Å². The second-order valence-corrected chi connectivity index (χ2v) is 6.16. The molecule has 0 amide bonds. The first-order chi connectivity index (χ1) is 8.43. The number of aliphatic hydroxyl groups is 1. The summed E-state index contributed by atoms with van der Waals surface area (Å²) in [5.41, 5.74) is 2.16. The topological polar surface area (TPSA) is 46.5 Å². The van der Waals surface area contributed by atoms with Gasteiger partial charge in [-0.3, -0.25) is 4.79 Å². The molecule has 2 aliphatic heterocycles. The summed E-state index contributed by atoms with van der Waals surface area (Å²) in [6.07, 6.45) is 4.13. The third kappa shape index (κ3) is 1.29. The summed E-state index contributed by atoms with van der Waals surface area (Å²) in [6, 6.07) is 0. The van der Waals surface area contributed by atoms with E-state index in [2.05, 4.69) is 13.5 Å². The van der Waals surface area contributed by atoms with E-state index in [0.717, 1.165) is 30.3 Å². The Labute approximate surface area is 108 Å². The summed E-state index contributed by atoms with van der Waals surface area (Å²) in [6.45, 7) is 8.08. The standard InChI is InChI=1S/C15H20O3/c1-9-6-15(17)13(10(2)8-16)7-14(18-15)11(3)4-5-12(9)14/h8,11-12,17H,1,4-7H2,2-3H3/b13-10-/t11-,12-,14-,15+/m0/s1. The lowest BCUT2D eigenvalue weighted by Gasteiger charge is -2.42. The number of allylic oxidation sites excluding steroid dienone is 1. The van der Waals surface area contributed by atoms with Crippen LogP contribution in [-0.2, 0) is 9.53 Å². The average Bonchev–Trinajstić information content (AvgIpc) is 2.76. The predicted octanol–water partition coefficient (Wildman–Crippen LogP) is 2.36. The third-order valence-corrected chi connectivity index (χ3v) is 5.21. The van der Waals surface area contributed by atoms with Crippen LogP contribution in [0, 0.1) is 11.8 Å². The van der Waals surface area contributed by atoms with Crippen LogP contribution in [0.25, 0.3) is 0 Å². The zero-order valence-corrected chi connectivity index (χ0v) is 11.0. The molecule has 0 aromatic carbocycles. The van der Waals surface area contributed by atoms with Crippen molar-refractivity contribution in [3.05, 3.63) is 23.3 Å². The minimum Gasteiger partial charge on any atom is -0.362 e. The molecule has 3 rings (SSSR count). The van der Waals surface area contributed by atoms with Crippen LogP contribution in [0.2, 0.25) is 0 Å². The van der Waals surface area contributed by atoms with Crippen molar-refractivity contribution in [2.75, 3.05) is 0 Å². The summed E-state index contributed by atoms with van der Waals surface area (Å²) in [4.78, 5) is 11.0. The number of hydrogen-bond donors (Lipinski definition) is 1. The Morgan fingerprint density at radius 3 is 2.89 bits per heavy atom. The summed E-state index contributed by atoms with van der Waals surface area (Å²) >= 11 is 0. The molecule has 0 radical (unpaired) electrons. The molecule has 0 unspecified atom stereocenters. The third-order valence-electron chi connectivity index (χ3n) is 5.21. The largest absolute Gasteiger partial charge is 0.362 e. The molecule has 2 saturated heterocycles. The Bertz CT molecular complexity index is 464. The molecule has 1 N–H and O–H groups in total. The first-order valence-corrected chi connectivity index (χ1v) is 6.68. The number of aldehydes is 1. The van der Waals surface area contributed by atoms with Crippen LogP contribution in [0.15, 0.2) is 23.3 Å². The SMILES string of the molecule is C=C1C[C@@]2(O)O[C@@]3(C/C2=C(\C)C=O)[C@@H](C)CC[C@@H]13. The maximum atomic E-state index is 11.0. The Hall–Kier alpha value is -0.930. The normalized spacial score (nSPS) is 49.2. The molecule has 3 nitrogen and oxygen atoms in total. The van der Waals surface area contributed by atoms with Crippen molar-refractivity contribution in [3.63, 3.8) is 0 Å². The second-order valence-electron chi connectivity index (χ2n) is 6.16. The molecular weight excluding hydrogens is 228 g/mol. The van der Waals surface area contributed by atoms with E-state index in [-0.39, 0.29) is 5.60 Å². The molecule has 1 aliphatic carbocycles. The summed E-state index contributed by atoms with van der Waals surface area (Å²) in [5.74, 6) is -0.537. The quantitative estimate of drug-likeness (QED) is 0.440. The van der Waals surface area contributed by atoms with Gasteiger partial charge in [0, 0.05) is 18.8 Å². The van der Waals surface area contributed by atoms with Gasteiger partial charge >= 0.3 is 0 Å². The summed E-state index contributed by atoms with van der Waals surface area (Å²) in [7, 11) is 0. The van der Waals surface area contributed by atoms with Gasteiger partial charge in [0.05, 0.1) is 5.60 Å². The fraction of sp³-hybridized carbons (Fsp3) is 0.667. The number of fused-ring (bicyclic) bond motifs is 1. The molecule has 3 fully saturated rings. The number of hydrogen-bond acceptors (Lipinski definition) is 3. The zero-order chi connectivity index (χ0) is 13.1. The van der Waals surface area contributed by atoms with Crippen molar-refractivity contribution >= 4 is 6.29 Å². The highest BCUT2D eigenvalue weighted by atomic mass is 16.6. The van der Waals surface area contributed by atoms with E-state index in [4.69, 9.17) is 4.74 Å². The van der Waals surface area contributed by atoms with Crippen molar-refractivity contribution in [1.29, 1.82) is 0 Å². The van der Waals surface area contributed by atoms with Crippen LogP contribution in [-0.4, -0.2) is 22.8 Å². The highest BCUT2D eigenvalue weighted by Gasteiger charge is 2.64. The number of carbonyl (C=O) groups is 1. The molecule has 3 heteroatoms. The molecule has 18 heavy (non-hydrogen) atoms. The van der Waals surface area contributed by atoms with Crippen LogP contribution >= 0.6 is 0 Å². The molecule has 0 aromatic rings. The lowest BCUT2D eigenvalue weighted by atomic mass is 9.78. The van der Waals surface area contributed by atoms with Crippen LogP contribution in [0.1, 0.15) is 39.5 Å². The molecular formula is C15H20O3. The van der Waals surface area contributed by atoms with E-state index in [1.54, 1.807) is 6.92 Å². The maximum Gasteiger partial charge on any atom is 0.193 e. The molecule has 98 valence electrons. The lowest BCUT2D eigenvalue weighted by molar-refractivity contribution is -0.242. The fourth-order valence-corrected chi connectivity index (χ4v) is 4.19. The second kappa shape index (κ2) is 3.55. The maximum absolute atomic E-state index is 11.0. The number of ether oxygens (including phenoxy) is 1. The van der Waals surface area contributed by atoms with Crippen molar-refractivity contribution < 1.29 is 14.6 Å². The Balaban J connectivity index is 2.14. The zero-order valence-electron chi connectivity index (χ0n) is 11.0. The van der Waals surface area contributed by atoms with Gasteiger partial charge < -0.3 is 9.84 Å². The summed E-state index contributed by atoms with van der Waals surface area (Å²) in [5, 5.41) is 10.7. The van der Waals surface area contributed by atoms with Gasteiger partial charge in [-0.05, 0) is 36.8 Å². The monoisotopic (exact) mass is 248 g/mol. The van der Waals surface area contributed by atoms with Crippen LogP contribution < -0.4 is 0 Å². The van der Waals surface area contributed by atoms with Gasteiger partial charge in [-0.25, -0.2) is 0 Å². The smallest absolute Gasteiger partial charge is 0.193 e. The van der Waals surface area contributed by atoms with E-state index in [1.807, 2.05) is 0 Å². The lowest BCUT2D eigenvalue weighted by Crippen LogP contribution is -2.47. The fourth-order valence-electron chi connectivity index (χ4n) is 4.19. The van der Waals surface area contributed by atoms with Crippen molar-refractivity contribution in [3.8, 4) is 0 Å². The minimum absolute atomic E-state index is 0.316. The van der Waals surface area contributed by atoms with Crippen molar-refractivity contribution in [2.45, 2.75) is 50.9 Å². The van der Waals surface area contributed by atoms with Gasteiger partial charge in [0.1, 0.15) is 6.29 Å². The highest BCUT2D eigenvalue weighted by molar-refractivity contribution is 5.74. The first kappa shape index (κ1) is 12.1. The van der Waals surface area contributed by atoms with Gasteiger partial charge in [0.2, 0.25) is 0 Å². The number of rotatable bonds is 1. The van der Waals surface area contributed by atoms with Gasteiger partial charge in [-0.1, -0.05) is 19.1 Å². The Kier molecular flexibility index (Phi) is 2.39. The summed E-state index contributed by atoms with van der Waals surface area (Å²) < 4.78 is 6.09. The van der Waals surface area contributed by atoms with E-state index in [1.165, 1.54) is 0 Å². The van der Waals surface area contributed by atoms with Crippen molar-refractivity contribution in [1.82, 2.24) is 0 Å². The van der Waals surface area contributed by atoms with Gasteiger partial charge in [-0.2, -0.15) is 0 Å². The minimum atomic E-state index is -1.28. The Morgan fingerprint density at radius 1 is 1.50 bits per heavy atom. The predicted molar refractivity (Wildman–Crippen MR) is 67.8 cm³/mol. The van der Waals surface area contributed by atoms with E-state index in [9.17, 15) is 9.90 Å². The molecule has 2 heterocycles. The number of carbonyl (C=O) groups excluding carboxylic acids is 1.